The maximum atomic E-state index is 14.5. The van der Waals surface area contributed by atoms with Gasteiger partial charge in [0.25, 0.3) is 11.5 Å². The molecule has 4 aromatic rings. The maximum absolute atomic E-state index is 14.5. The van der Waals surface area contributed by atoms with Gasteiger partial charge in [-0.2, -0.15) is 0 Å². The number of likely N-dealkylation sites (N-methyl/N-ethyl adjacent to an activating group) is 1. The number of carbonyl (C=O) groups is 2. The molecular formula is C32H26BrN3O6S. The lowest BCUT2D eigenvalue weighted by Gasteiger charge is -2.26. The van der Waals surface area contributed by atoms with Crippen LogP contribution in [0.4, 0.5) is 5.69 Å². The van der Waals surface area contributed by atoms with E-state index in [1.165, 1.54) is 23.7 Å². The predicted octanol–water partition coefficient (Wildman–Crippen LogP) is 4.06. The Morgan fingerprint density at radius 3 is 2.44 bits per heavy atom. The monoisotopic (exact) mass is 659 g/mol. The number of carbonyl (C=O) groups excluding carboxylic acids is 2. The number of hydrogen-bond donors (Lipinski definition) is 0. The van der Waals surface area contributed by atoms with Gasteiger partial charge in [0.1, 0.15) is 4.53 Å². The van der Waals surface area contributed by atoms with Crippen LogP contribution in [0.15, 0.2) is 86.6 Å². The number of nitrogens with zero attached hydrogens (tertiary/aromatic N) is 3. The van der Waals surface area contributed by atoms with Crippen LogP contribution in [0.25, 0.3) is 11.3 Å². The second-order valence-corrected chi connectivity index (χ2v) is 11.7. The molecule has 3 heterocycles. The SMILES string of the molecule is CCOC(=O)C1=C(c2ccccc2)N=c2s/c(=C3\C(=O)N(C)c4ccc(Br)cc43)c(=O)n2[C@H]1c1ccc(OC)c(OC)c1. The van der Waals surface area contributed by atoms with E-state index >= 15 is 0 Å². The minimum Gasteiger partial charge on any atom is -0.493 e. The van der Waals surface area contributed by atoms with Crippen LogP contribution >= 0.6 is 27.3 Å². The fourth-order valence-electron chi connectivity index (χ4n) is 5.44. The topological polar surface area (TPSA) is 99.4 Å². The molecule has 6 rings (SSSR count). The molecule has 0 spiro atoms. The number of halogens is 1. The van der Waals surface area contributed by atoms with Gasteiger partial charge in [0.05, 0.1) is 49.4 Å². The third-order valence-corrected chi connectivity index (χ3v) is 8.95. The summed E-state index contributed by atoms with van der Waals surface area (Å²) in [5.41, 5.74) is 3.03. The summed E-state index contributed by atoms with van der Waals surface area (Å²) in [6.45, 7) is 1.85. The highest BCUT2D eigenvalue weighted by Gasteiger charge is 2.38. The van der Waals surface area contributed by atoms with Crippen molar-refractivity contribution in [2.45, 2.75) is 13.0 Å². The molecular weight excluding hydrogens is 634 g/mol. The van der Waals surface area contributed by atoms with Crippen LogP contribution in [0.2, 0.25) is 0 Å². The van der Waals surface area contributed by atoms with E-state index < -0.39 is 17.6 Å². The third-order valence-electron chi connectivity index (χ3n) is 7.41. The number of esters is 1. The Morgan fingerprint density at radius 2 is 1.74 bits per heavy atom. The van der Waals surface area contributed by atoms with Gasteiger partial charge in [0, 0.05) is 22.6 Å². The number of anilines is 1. The second kappa shape index (κ2) is 11.3. The van der Waals surface area contributed by atoms with E-state index in [-0.39, 0.29) is 28.2 Å². The van der Waals surface area contributed by atoms with Crippen molar-refractivity contribution >= 4 is 56.1 Å². The highest BCUT2D eigenvalue weighted by Crippen LogP contribution is 2.39. The third kappa shape index (κ3) is 4.68. The van der Waals surface area contributed by atoms with Crippen molar-refractivity contribution in [2.24, 2.45) is 4.99 Å². The summed E-state index contributed by atoms with van der Waals surface area (Å²) < 4.78 is 19.0. The molecule has 1 atom stereocenters. The number of amides is 1. The molecule has 1 amide bonds. The summed E-state index contributed by atoms with van der Waals surface area (Å²) >= 11 is 4.61. The van der Waals surface area contributed by atoms with Crippen LogP contribution in [0.3, 0.4) is 0 Å². The first-order valence-corrected chi connectivity index (χ1v) is 15.0. The van der Waals surface area contributed by atoms with Gasteiger partial charge in [-0.3, -0.25) is 14.2 Å². The standard InChI is InChI=1S/C32H26BrN3O6S/c1-5-42-31(39)25-26(17-9-7-6-8-10-17)34-32-36(27(25)18-11-14-22(40-3)23(15-18)41-4)30(38)28(43-32)24-20-16-19(33)12-13-21(20)35(2)29(24)37/h6-16,27H,5H2,1-4H3/b28-24-/t27-/m0/s1. The van der Waals surface area contributed by atoms with Crippen molar-refractivity contribution in [3.8, 4) is 11.5 Å². The Kier molecular flexibility index (Phi) is 7.53. The van der Waals surface area contributed by atoms with Gasteiger partial charge in [-0.15, -0.1) is 0 Å². The maximum Gasteiger partial charge on any atom is 0.338 e. The molecule has 0 fully saturated rings. The summed E-state index contributed by atoms with van der Waals surface area (Å²) in [5, 5.41) is 0. The van der Waals surface area contributed by atoms with E-state index in [0.717, 1.165) is 15.8 Å². The fourth-order valence-corrected chi connectivity index (χ4v) is 6.89. The fraction of sp³-hybridized carbons (Fsp3) is 0.188. The second-order valence-electron chi connectivity index (χ2n) is 9.77. The zero-order chi connectivity index (χ0) is 30.4. The van der Waals surface area contributed by atoms with Crippen molar-refractivity contribution in [1.82, 2.24) is 4.57 Å². The summed E-state index contributed by atoms with van der Waals surface area (Å²) in [6, 6.07) is 19.1. The minimum atomic E-state index is -0.934. The number of thiazole rings is 1. The van der Waals surface area contributed by atoms with Crippen molar-refractivity contribution < 1.29 is 23.8 Å². The first-order valence-electron chi connectivity index (χ1n) is 13.4. The average Bonchev–Trinajstić information content (AvgIpc) is 3.47. The van der Waals surface area contributed by atoms with Gasteiger partial charge in [0.15, 0.2) is 16.3 Å². The van der Waals surface area contributed by atoms with Gasteiger partial charge >= 0.3 is 5.97 Å². The molecule has 2 aliphatic rings. The molecule has 43 heavy (non-hydrogen) atoms. The number of benzene rings is 3. The van der Waals surface area contributed by atoms with E-state index in [0.29, 0.717) is 44.4 Å². The smallest absolute Gasteiger partial charge is 0.338 e. The lowest BCUT2D eigenvalue weighted by Crippen LogP contribution is -2.40. The zero-order valence-electron chi connectivity index (χ0n) is 23.7. The van der Waals surface area contributed by atoms with Gasteiger partial charge < -0.3 is 19.1 Å². The molecule has 2 aliphatic heterocycles. The number of fused-ring (bicyclic) bond motifs is 2. The Hall–Kier alpha value is -4.48. The summed E-state index contributed by atoms with van der Waals surface area (Å²) in [4.78, 5) is 48.5. The molecule has 3 aromatic carbocycles. The Morgan fingerprint density at radius 1 is 1.00 bits per heavy atom. The largest absolute Gasteiger partial charge is 0.493 e. The van der Waals surface area contributed by atoms with E-state index in [9.17, 15) is 14.4 Å². The Labute approximate surface area is 259 Å². The summed E-state index contributed by atoms with van der Waals surface area (Å²) in [7, 11) is 4.73. The van der Waals surface area contributed by atoms with Crippen LogP contribution < -0.4 is 29.3 Å². The van der Waals surface area contributed by atoms with Crippen molar-refractivity contribution in [1.29, 1.82) is 0 Å². The van der Waals surface area contributed by atoms with Crippen LogP contribution in [0.1, 0.15) is 29.7 Å². The van der Waals surface area contributed by atoms with Crippen molar-refractivity contribution in [3.05, 3.63) is 113 Å². The Bertz CT molecular complexity index is 2010. The molecule has 0 radical (unpaired) electrons. The highest BCUT2D eigenvalue weighted by molar-refractivity contribution is 9.10. The van der Waals surface area contributed by atoms with Gasteiger partial charge in [-0.05, 0) is 42.8 Å². The lowest BCUT2D eigenvalue weighted by molar-refractivity contribution is -0.138. The van der Waals surface area contributed by atoms with E-state index in [4.69, 9.17) is 19.2 Å². The van der Waals surface area contributed by atoms with Gasteiger partial charge in [-0.25, -0.2) is 9.79 Å². The molecule has 0 aliphatic carbocycles. The molecule has 0 unspecified atom stereocenters. The van der Waals surface area contributed by atoms with Crippen molar-refractivity contribution in [3.63, 3.8) is 0 Å². The molecule has 9 nitrogen and oxygen atoms in total. The molecule has 0 bridgehead atoms. The van der Waals surface area contributed by atoms with E-state index in [1.54, 1.807) is 32.2 Å². The number of methoxy groups -OCH3 is 2. The molecule has 0 N–H and O–H groups in total. The first-order chi connectivity index (χ1) is 20.8. The normalized spacial score (nSPS) is 16.9. The number of ether oxygens (including phenoxy) is 3. The Balaban J connectivity index is 1.73. The molecule has 1 aromatic heterocycles. The molecule has 218 valence electrons. The van der Waals surface area contributed by atoms with Crippen LogP contribution in [-0.4, -0.2) is 44.3 Å². The van der Waals surface area contributed by atoms with Crippen LogP contribution in [0.5, 0.6) is 11.5 Å². The zero-order valence-corrected chi connectivity index (χ0v) is 26.1. The number of aromatic nitrogens is 1. The van der Waals surface area contributed by atoms with Gasteiger partial charge in [-0.1, -0.05) is 63.7 Å². The summed E-state index contributed by atoms with van der Waals surface area (Å²) in [6.07, 6.45) is 0. The summed E-state index contributed by atoms with van der Waals surface area (Å²) in [5.74, 6) is 0.0214. The average molecular weight is 661 g/mol. The minimum absolute atomic E-state index is 0.129. The van der Waals surface area contributed by atoms with E-state index in [2.05, 4.69) is 15.9 Å². The number of hydrogen-bond acceptors (Lipinski definition) is 8. The van der Waals surface area contributed by atoms with E-state index in [1.807, 2.05) is 48.5 Å². The molecule has 0 saturated carbocycles. The van der Waals surface area contributed by atoms with Crippen LogP contribution in [-0.2, 0) is 14.3 Å². The lowest BCUT2D eigenvalue weighted by atomic mass is 9.93. The van der Waals surface area contributed by atoms with Crippen molar-refractivity contribution in [2.75, 3.05) is 32.8 Å². The first kappa shape index (κ1) is 28.6. The van der Waals surface area contributed by atoms with Gasteiger partial charge in [0.2, 0.25) is 0 Å². The molecule has 0 saturated heterocycles. The molecule has 11 heteroatoms. The quantitative estimate of drug-likeness (QED) is 0.290. The van der Waals surface area contributed by atoms with Crippen LogP contribution in [0, 0.1) is 0 Å². The highest BCUT2D eigenvalue weighted by atomic mass is 79.9. The number of rotatable bonds is 6. The predicted molar refractivity (Wildman–Crippen MR) is 167 cm³/mol.